The number of unbranched alkanes of at least 4 members (excludes halogenated alkanes) is 4. The van der Waals surface area contributed by atoms with E-state index in [1.54, 1.807) is 0 Å². The van der Waals surface area contributed by atoms with Gasteiger partial charge in [-0.3, -0.25) is 4.90 Å². The zero-order valence-corrected chi connectivity index (χ0v) is 16.7. The van der Waals surface area contributed by atoms with Crippen LogP contribution < -0.4 is 4.99 Å². The molecule has 1 atom stereocenters. The van der Waals surface area contributed by atoms with Crippen molar-refractivity contribution in [3.63, 3.8) is 0 Å². The summed E-state index contributed by atoms with van der Waals surface area (Å²) in [5.74, 6) is 0. The molecule has 146 valence electrons. The number of nitrogens with one attached hydrogen (secondary N) is 1. The Labute approximate surface area is 159 Å². The number of likely N-dealkylation sites (tertiary alicyclic amines) is 1. The first-order valence-corrected chi connectivity index (χ1v) is 10.5. The summed E-state index contributed by atoms with van der Waals surface area (Å²) in [6.45, 7) is 7.40. The van der Waals surface area contributed by atoms with E-state index in [-0.39, 0.29) is 12.2 Å². The first-order chi connectivity index (χ1) is 12.7. The molecule has 4 heteroatoms. The highest BCUT2D eigenvalue weighted by Gasteiger charge is 2.17. The monoisotopic (exact) mass is 361 g/mol. The van der Waals surface area contributed by atoms with Crippen LogP contribution in [0.3, 0.4) is 0 Å². The second kappa shape index (κ2) is 11.9. The molecule has 1 aliphatic heterocycles. The van der Waals surface area contributed by atoms with Crippen molar-refractivity contribution in [2.75, 3.05) is 19.6 Å². The molecule has 1 fully saturated rings. The van der Waals surface area contributed by atoms with Gasteiger partial charge in [0.25, 0.3) is 0 Å². The normalized spacial score (nSPS) is 17.2. The number of benzene rings is 1. The van der Waals surface area contributed by atoms with Gasteiger partial charge in [0.1, 0.15) is 6.10 Å². The summed E-state index contributed by atoms with van der Waals surface area (Å²) in [5.41, 5.74) is 2.19. The zero-order valence-electron chi connectivity index (χ0n) is 16.7. The SMILES string of the molecule is CCCCCCCc1cccc([NH+]=C(O)O[C@H](C)CN2CCCCC2)c1. The number of ether oxygens (including phenoxy) is 1. The lowest BCUT2D eigenvalue weighted by atomic mass is 10.1. The van der Waals surface area contributed by atoms with Crippen LogP contribution in [-0.2, 0) is 11.2 Å². The second-order valence-corrected chi connectivity index (χ2v) is 7.58. The van der Waals surface area contributed by atoms with Crippen LogP contribution in [0.25, 0.3) is 0 Å². The lowest BCUT2D eigenvalue weighted by molar-refractivity contribution is -0.383. The molecule has 0 amide bonds. The Kier molecular flexibility index (Phi) is 9.54. The molecule has 26 heavy (non-hydrogen) atoms. The van der Waals surface area contributed by atoms with Gasteiger partial charge in [-0.1, -0.05) is 51.2 Å². The Bertz CT molecular complexity index is 539. The summed E-state index contributed by atoms with van der Waals surface area (Å²) in [6, 6.07) is 8.26. The molecule has 0 bridgehead atoms. The topological polar surface area (TPSA) is 46.7 Å². The molecule has 1 aliphatic rings. The van der Waals surface area contributed by atoms with E-state index in [0.29, 0.717) is 0 Å². The third-order valence-corrected chi connectivity index (χ3v) is 5.02. The predicted octanol–water partition coefficient (Wildman–Crippen LogP) is 3.72. The molecule has 0 radical (unpaired) electrons. The van der Waals surface area contributed by atoms with Crippen LogP contribution in [0, 0.1) is 0 Å². The van der Waals surface area contributed by atoms with E-state index in [0.717, 1.165) is 31.7 Å². The quantitative estimate of drug-likeness (QED) is 0.379. The van der Waals surface area contributed by atoms with Gasteiger partial charge in [0.15, 0.2) is 0 Å². The second-order valence-electron chi connectivity index (χ2n) is 7.58. The zero-order chi connectivity index (χ0) is 18.6. The van der Waals surface area contributed by atoms with E-state index in [2.05, 4.69) is 28.9 Å². The van der Waals surface area contributed by atoms with Crippen molar-refractivity contribution in [2.45, 2.75) is 77.7 Å². The number of rotatable bonds is 10. The summed E-state index contributed by atoms with van der Waals surface area (Å²) in [4.78, 5) is 5.41. The fourth-order valence-corrected chi connectivity index (χ4v) is 3.62. The maximum atomic E-state index is 10.1. The highest BCUT2D eigenvalue weighted by Crippen LogP contribution is 2.12. The van der Waals surface area contributed by atoms with E-state index in [4.69, 9.17) is 4.74 Å². The standard InChI is InChI=1S/C22H36N2O2/c1-3-4-5-6-8-12-20-13-11-14-21(17-20)23-22(25)26-19(2)18-24-15-9-7-10-16-24/h11,13-14,17,19H,3-10,12,15-16,18H2,1-2H3,(H,23,25)/p+1/t19-/m1/s1. The first kappa shape index (κ1) is 20.8. The van der Waals surface area contributed by atoms with E-state index < -0.39 is 0 Å². The van der Waals surface area contributed by atoms with Gasteiger partial charge >= 0.3 is 6.08 Å². The molecule has 1 aromatic carbocycles. The van der Waals surface area contributed by atoms with Crippen molar-refractivity contribution in [3.05, 3.63) is 29.8 Å². The number of piperidine rings is 1. The Balaban J connectivity index is 1.78. The minimum Gasteiger partial charge on any atom is -0.430 e. The van der Waals surface area contributed by atoms with E-state index in [9.17, 15) is 5.11 Å². The van der Waals surface area contributed by atoms with Crippen molar-refractivity contribution in [1.29, 1.82) is 0 Å². The number of aliphatic hydroxyl groups excluding tert-OH is 1. The third kappa shape index (κ3) is 8.22. The van der Waals surface area contributed by atoms with Gasteiger partial charge in [-0.05, 0) is 51.3 Å². The van der Waals surface area contributed by atoms with Crippen LogP contribution >= 0.6 is 0 Å². The number of nitrogens with zero attached hydrogens (tertiary/aromatic N) is 1. The maximum absolute atomic E-state index is 10.1. The van der Waals surface area contributed by atoms with E-state index in [1.807, 2.05) is 19.1 Å². The lowest BCUT2D eigenvalue weighted by Crippen LogP contribution is -2.67. The van der Waals surface area contributed by atoms with Gasteiger partial charge in [0.2, 0.25) is 5.69 Å². The molecule has 0 spiro atoms. The highest BCUT2D eigenvalue weighted by molar-refractivity contribution is 5.59. The maximum Gasteiger partial charge on any atom is 0.551 e. The molecular weight excluding hydrogens is 324 g/mol. The first-order valence-electron chi connectivity index (χ1n) is 10.5. The molecule has 4 nitrogen and oxygen atoms in total. The number of hydrogen-bond donors (Lipinski definition) is 2. The number of aryl methyl sites for hydroxylation is 1. The molecule has 0 unspecified atom stereocenters. The molecule has 1 aromatic rings. The van der Waals surface area contributed by atoms with Crippen molar-refractivity contribution >= 4 is 11.8 Å². The molecule has 1 saturated heterocycles. The van der Waals surface area contributed by atoms with Crippen molar-refractivity contribution in [2.24, 2.45) is 0 Å². The van der Waals surface area contributed by atoms with Crippen LogP contribution in [0.5, 0.6) is 0 Å². The summed E-state index contributed by atoms with van der Waals surface area (Å²) in [6.07, 6.45) is 11.3. The minimum atomic E-state index is -0.102. The van der Waals surface area contributed by atoms with Crippen LogP contribution in [0.4, 0.5) is 5.69 Å². The number of aliphatic hydroxyl groups is 1. The summed E-state index contributed by atoms with van der Waals surface area (Å²) in [5, 5.41) is 10.1. The highest BCUT2D eigenvalue weighted by atomic mass is 16.6. The summed E-state index contributed by atoms with van der Waals surface area (Å²) >= 11 is 0. The molecule has 2 N–H and O–H groups in total. The lowest BCUT2D eigenvalue weighted by Gasteiger charge is -2.28. The molecule has 0 aliphatic carbocycles. The molecule has 1 heterocycles. The van der Waals surface area contributed by atoms with Crippen LogP contribution in [0.2, 0.25) is 0 Å². The van der Waals surface area contributed by atoms with Gasteiger partial charge in [-0.2, -0.15) is 0 Å². The summed E-state index contributed by atoms with van der Waals surface area (Å²) < 4.78 is 5.64. The fourth-order valence-electron chi connectivity index (χ4n) is 3.62. The Morgan fingerprint density at radius 3 is 2.69 bits per heavy atom. The molecule has 0 aromatic heterocycles. The van der Waals surface area contributed by atoms with Crippen molar-refractivity contribution in [1.82, 2.24) is 4.90 Å². The average molecular weight is 362 g/mol. The van der Waals surface area contributed by atoms with Crippen LogP contribution in [0.15, 0.2) is 24.3 Å². The largest absolute Gasteiger partial charge is 0.551 e. The molecule has 0 saturated carbocycles. The summed E-state index contributed by atoms with van der Waals surface area (Å²) in [7, 11) is 0. The minimum absolute atomic E-state index is 0.0256. The fraction of sp³-hybridized carbons (Fsp3) is 0.682. The smallest absolute Gasteiger partial charge is 0.430 e. The Morgan fingerprint density at radius 2 is 1.92 bits per heavy atom. The van der Waals surface area contributed by atoms with Gasteiger partial charge < -0.3 is 9.84 Å². The van der Waals surface area contributed by atoms with Crippen molar-refractivity contribution < 1.29 is 14.8 Å². The van der Waals surface area contributed by atoms with Crippen LogP contribution in [-0.4, -0.2) is 41.8 Å². The average Bonchev–Trinajstić information content (AvgIpc) is 2.62. The Morgan fingerprint density at radius 1 is 1.15 bits per heavy atom. The van der Waals surface area contributed by atoms with E-state index in [1.165, 1.54) is 56.9 Å². The molecular formula is C22H37N2O2+. The van der Waals surface area contributed by atoms with Crippen LogP contribution in [0.1, 0.15) is 70.8 Å². The predicted molar refractivity (Wildman–Crippen MR) is 108 cm³/mol. The number of hydrogen-bond acceptors (Lipinski definition) is 2. The van der Waals surface area contributed by atoms with E-state index >= 15 is 0 Å². The molecule has 2 rings (SSSR count). The van der Waals surface area contributed by atoms with Gasteiger partial charge in [0, 0.05) is 18.7 Å². The Hall–Kier alpha value is -1.55. The van der Waals surface area contributed by atoms with Gasteiger partial charge in [0.05, 0.1) is 0 Å². The van der Waals surface area contributed by atoms with Gasteiger partial charge in [-0.15, -0.1) is 4.99 Å². The van der Waals surface area contributed by atoms with Crippen molar-refractivity contribution in [3.8, 4) is 0 Å². The third-order valence-electron chi connectivity index (χ3n) is 5.02. The van der Waals surface area contributed by atoms with Gasteiger partial charge in [-0.25, -0.2) is 0 Å².